The molecule has 1 saturated heterocycles. The fourth-order valence-electron chi connectivity index (χ4n) is 6.59. The van der Waals surface area contributed by atoms with E-state index in [-0.39, 0.29) is 23.5 Å². The molecule has 1 N–H and O–H groups in total. The molecular weight excluding hydrogens is 408 g/mol. The van der Waals surface area contributed by atoms with Gasteiger partial charge in [0.15, 0.2) is 5.78 Å². The Balaban J connectivity index is 1.54. The van der Waals surface area contributed by atoms with Crippen LogP contribution in [0.3, 0.4) is 0 Å². The lowest BCUT2D eigenvalue weighted by atomic mass is 9.61. The van der Waals surface area contributed by atoms with Crippen LogP contribution in [-0.2, 0) is 14.8 Å². The number of hydrogen-bond donors (Lipinski definition) is 1. The van der Waals surface area contributed by atoms with Crippen molar-refractivity contribution in [3.63, 3.8) is 0 Å². The molecular formula is C25H28N2O3S. The highest BCUT2D eigenvalue weighted by atomic mass is 32.2. The van der Waals surface area contributed by atoms with Crippen molar-refractivity contribution in [2.24, 2.45) is 21.7 Å². The monoisotopic (exact) mass is 436 g/mol. The van der Waals surface area contributed by atoms with Crippen molar-refractivity contribution in [3.8, 4) is 0 Å². The van der Waals surface area contributed by atoms with Gasteiger partial charge in [0.25, 0.3) is 0 Å². The first-order valence-electron chi connectivity index (χ1n) is 10.9. The fraction of sp³-hybridized carbons (Fsp3) is 0.440. The lowest BCUT2D eigenvalue weighted by Gasteiger charge is -2.43. The predicted octanol–water partition coefficient (Wildman–Crippen LogP) is 3.59. The van der Waals surface area contributed by atoms with Gasteiger partial charge in [-0.05, 0) is 30.6 Å². The second kappa shape index (κ2) is 6.84. The number of fused-ring (bicyclic) bond motifs is 1. The van der Waals surface area contributed by atoms with E-state index in [4.69, 9.17) is 4.99 Å². The molecule has 6 heteroatoms. The van der Waals surface area contributed by atoms with Gasteiger partial charge in [-0.15, -0.1) is 0 Å². The van der Waals surface area contributed by atoms with Gasteiger partial charge in [0, 0.05) is 16.5 Å². The Bertz CT molecular complexity index is 1120. The van der Waals surface area contributed by atoms with Crippen molar-refractivity contribution in [1.29, 1.82) is 0 Å². The Morgan fingerprint density at radius 1 is 1.03 bits per heavy atom. The summed E-state index contributed by atoms with van der Waals surface area (Å²) >= 11 is 0. The zero-order valence-corrected chi connectivity index (χ0v) is 18.8. The number of nitrogens with zero attached hydrogens (tertiary/aromatic N) is 1. The number of rotatable bonds is 5. The quantitative estimate of drug-likeness (QED) is 0.728. The summed E-state index contributed by atoms with van der Waals surface area (Å²) in [6.07, 6.45) is 2.35. The van der Waals surface area contributed by atoms with Crippen molar-refractivity contribution >= 4 is 21.5 Å². The van der Waals surface area contributed by atoms with Crippen LogP contribution in [-0.4, -0.2) is 37.7 Å². The topological polar surface area (TPSA) is 75.6 Å². The summed E-state index contributed by atoms with van der Waals surface area (Å²) in [4.78, 5) is 18.5. The molecule has 3 aliphatic rings. The van der Waals surface area contributed by atoms with Crippen LogP contribution in [0.15, 0.2) is 65.7 Å². The molecule has 1 spiro atoms. The zero-order chi connectivity index (χ0) is 21.9. The van der Waals surface area contributed by atoms with Gasteiger partial charge in [0.1, 0.15) is 12.1 Å². The zero-order valence-electron chi connectivity index (χ0n) is 18.0. The molecule has 1 heterocycles. The summed E-state index contributed by atoms with van der Waals surface area (Å²) in [6.45, 7) is 4.25. The Kier molecular flexibility index (Phi) is 4.54. The van der Waals surface area contributed by atoms with Gasteiger partial charge in [-0.2, -0.15) is 0 Å². The van der Waals surface area contributed by atoms with Gasteiger partial charge in [0.05, 0.1) is 11.5 Å². The molecule has 5 rings (SSSR count). The highest BCUT2D eigenvalue weighted by Crippen LogP contribution is 2.72. The van der Waals surface area contributed by atoms with E-state index in [1.54, 1.807) is 0 Å². The van der Waals surface area contributed by atoms with E-state index in [0.717, 1.165) is 29.7 Å². The molecule has 2 bridgehead atoms. The van der Waals surface area contributed by atoms with Gasteiger partial charge in [0.2, 0.25) is 10.0 Å². The number of aliphatic imine (C=N–C) groups is 1. The molecule has 0 radical (unpaired) electrons. The van der Waals surface area contributed by atoms with Crippen molar-refractivity contribution in [3.05, 3.63) is 71.8 Å². The first-order chi connectivity index (χ1) is 14.7. The summed E-state index contributed by atoms with van der Waals surface area (Å²) < 4.78 is 28.3. The molecule has 0 aromatic heterocycles. The number of carbonyl (C=O) groups excluding carboxylic acids is 1. The smallest absolute Gasteiger partial charge is 0.213 e. The standard InChI is InChI=1S/C25H28N2O3S/c1-23(2)20-13-14-24(23)17-31(29,30)27-25(24,15-20)21(28)16-26-22(18-9-5-3-6-10-18)19-11-7-4-8-12-19/h3-12,20,27H,13-17H2,1-2H3/t20-,24+,25+/m1/s1. The maximum absolute atomic E-state index is 13.7. The lowest BCUT2D eigenvalue weighted by Crippen LogP contribution is -2.59. The molecule has 0 amide bonds. The minimum atomic E-state index is -3.49. The summed E-state index contributed by atoms with van der Waals surface area (Å²) in [6, 6.07) is 19.6. The molecule has 2 aromatic carbocycles. The first-order valence-corrected chi connectivity index (χ1v) is 12.6. The van der Waals surface area contributed by atoms with Crippen LogP contribution >= 0.6 is 0 Å². The highest BCUT2D eigenvalue weighted by Gasteiger charge is 2.78. The van der Waals surface area contributed by atoms with Crippen LogP contribution in [0.25, 0.3) is 0 Å². The summed E-state index contributed by atoms with van der Waals surface area (Å²) in [7, 11) is -3.49. The van der Waals surface area contributed by atoms with Gasteiger partial charge >= 0.3 is 0 Å². The number of benzene rings is 2. The first kappa shape index (κ1) is 20.6. The highest BCUT2D eigenvalue weighted by molar-refractivity contribution is 7.89. The number of sulfonamides is 1. The third-order valence-electron chi connectivity index (χ3n) is 8.26. The second-order valence-corrected chi connectivity index (χ2v) is 11.6. The maximum atomic E-state index is 13.7. The molecule has 1 aliphatic heterocycles. The average Bonchev–Trinajstić information content (AvgIpc) is 3.23. The van der Waals surface area contributed by atoms with Crippen LogP contribution < -0.4 is 4.72 Å². The molecule has 31 heavy (non-hydrogen) atoms. The number of Topliss-reactive ketones (excluding diaryl/α,β-unsaturated/α-hetero) is 1. The van der Waals surface area contributed by atoms with Crippen molar-refractivity contribution in [2.45, 2.75) is 38.6 Å². The predicted molar refractivity (Wildman–Crippen MR) is 122 cm³/mol. The Morgan fingerprint density at radius 2 is 1.61 bits per heavy atom. The molecule has 0 unspecified atom stereocenters. The number of carbonyl (C=O) groups is 1. The van der Waals surface area contributed by atoms with E-state index >= 15 is 0 Å². The molecule has 3 atom stereocenters. The van der Waals surface area contributed by atoms with Crippen LogP contribution in [0.1, 0.15) is 44.2 Å². The van der Waals surface area contributed by atoms with E-state index in [9.17, 15) is 13.2 Å². The molecule has 2 aromatic rings. The number of hydrogen-bond acceptors (Lipinski definition) is 4. The average molecular weight is 437 g/mol. The Labute approximate surface area is 184 Å². The normalized spacial score (nSPS) is 31.9. The van der Waals surface area contributed by atoms with Crippen LogP contribution in [0, 0.1) is 16.7 Å². The van der Waals surface area contributed by atoms with E-state index in [0.29, 0.717) is 12.3 Å². The summed E-state index contributed by atoms with van der Waals surface area (Å²) in [5, 5.41) is 0. The Hall–Kier alpha value is -2.31. The Morgan fingerprint density at radius 3 is 2.16 bits per heavy atom. The minimum Gasteiger partial charge on any atom is -0.295 e. The van der Waals surface area contributed by atoms with E-state index < -0.39 is 21.0 Å². The van der Waals surface area contributed by atoms with Gasteiger partial charge < -0.3 is 0 Å². The lowest BCUT2D eigenvalue weighted by molar-refractivity contribution is -0.128. The van der Waals surface area contributed by atoms with E-state index in [1.807, 2.05) is 60.7 Å². The molecule has 3 fully saturated rings. The summed E-state index contributed by atoms with van der Waals surface area (Å²) in [5.74, 6) is 0.294. The molecule has 162 valence electrons. The summed E-state index contributed by atoms with van der Waals surface area (Å²) in [5.41, 5.74) is 0.868. The van der Waals surface area contributed by atoms with E-state index in [1.165, 1.54) is 0 Å². The third kappa shape index (κ3) is 2.88. The number of nitrogens with one attached hydrogen (secondary N) is 1. The fourth-order valence-corrected chi connectivity index (χ4v) is 9.00. The van der Waals surface area contributed by atoms with Gasteiger partial charge in [-0.1, -0.05) is 74.5 Å². The second-order valence-electron chi connectivity index (χ2n) is 9.83. The van der Waals surface area contributed by atoms with Gasteiger partial charge in [-0.3, -0.25) is 9.79 Å². The van der Waals surface area contributed by atoms with E-state index in [2.05, 4.69) is 18.6 Å². The van der Waals surface area contributed by atoms with Crippen LogP contribution in [0.5, 0.6) is 0 Å². The van der Waals surface area contributed by atoms with Gasteiger partial charge in [-0.25, -0.2) is 13.1 Å². The molecule has 2 saturated carbocycles. The van der Waals surface area contributed by atoms with Crippen molar-refractivity contribution in [1.82, 2.24) is 4.72 Å². The third-order valence-corrected chi connectivity index (χ3v) is 9.79. The minimum absolute atomic E-state index is 0.0355. The number of ketones is 1. The van der Waals surface area contributed by atoms with Crippen LogP contribution in [0.4, 0.5) is 0 Å². The van der Waals surface area contributed by atoms with Crippen LogP contribution in [0.2, 0.25) is 0 Å². The molecule has 5 nitrogen and oxygen atoms in total. The molecule has 2 aliphatic carbocycles. The largest absolute Gasteiger partial charge is 0.295 e. The van der Waals surface area contributed by atoms with Crippen molar-refractivity contribution < 1.29 is 13.2 Å². The SMILES string of the molecule is CC1(C)[C@@H]2CC[C@]13CS(=O)(=O)N[C@]3(C(=O)CN=C(c1ccccc1)c1ccccc1)C2. The van der Waals surface area contributed by atoms with Crippen molar-refractivity contribution in [2.75, 3.05) is 12.3 Å². The maximum Gasteiger partial charge on any atom is 0.213 e.